The summed E-state index contributed by atoms with van der Waals surface area (Å²) < 4.78 is 8.37. The molecule has 8 rings (SSSR count). The molecule has 4 aromatic heterocycles. The second-order valence-corrected chi connectivity index (χ2v) is 20.3. The third-order valence-electron chi connectivity index (χ3n) is 10.5. The number of amidine groups is 1. The standard InChI is InChI=1S/C46H49N7O4S3/c1-45(2,3)32-21-28(22-33(39(32)54)46(4,5)6)51-42(55)40-37(31(25-57-40)30-10-7-11-34-38(30)53(52-34)24-29-9-8-19-58-29)35-16-17-36(60-35)41(47)50-27-14-12-26(13-15-27)23-49-43(56)44-48-18-20-59-44/h7-17,19,21-22,25,44,48,52,54H,18,20,23-24H2,1-6H3,(H2,47,50)(H,49,56)(H,51,55). The second kappa shape index (κ2) is 16.5. The lowest BCUT2D eigenvalue weighted by Crippen LogP contribution is -2.38. The number of phenolic OH excluding ortho intramolecular Hbond substituents is 1. The summed E-state index contributed by atoms with van der Waals surface area (Å²) in [6.07, 6.45) is 1.65. The van der Waals surface area contributed by atoms with Crippen LogP contribution in [0.5, 0.6) is 5.75 Å². The average molecular weight is 860 g/mol. The molecule has 310 valence electrons. The van der Waals surface area contributed by atoms with E-state index in [4.69, 9.17) is 9.83 Å². The molecule has 0 aliphatic carbocycles. The van der Waals surface area contributed by atoms with Gasteiger partial charge >= 0.3 is 0 Å². The van der Waals surface area contributed by atoms with E-state index in [0.717, 1.165) is 61.7 Å². The third kappa shape index (κ3) is 8.55. The van der Waals surface area contributed by atoms with Gasteiger partial charge in [-0.3, -0.25) is 30.1 Å². The monoisotopic (exact) mass is 859 g/mol. The minimum Gasteiger partial charge on any atom is -0.507 e. The maximum absolute atomic E-state index is 14.5. The number of H-pyrrole nitrogens is 1. The predicted octanol–water partition coefficient (Wildman–Crippen LogP) is 10.3. The lowest BCUT2D eigenvalue weighted by molar-refractivity contribution is -0.121. The smallest absolute Gasteiger partial charge is 0.292 e. The zero-order valence-corrected chi connectivity index (χ0v) is 36.9. The summed E-state index contributed by atoms with van der Waals surface area (Å²) in [6.45, 7) is 14.2. The number of phenols is 1. The van der Waals surface area contributed by atoms with E-state index in [1.54, 1.807) is 29.4 Å². The number of nitrogens with one attached hydrogen (secondary N) is 6. The number of carbonyl (C=O) groups is 2. The number of furan rings is 1. The van der Waals surface area contributed by atoms with Crippen molar-refractivity contribution in [1.29, 1.82) is 5.41 Å². The van der Waals surface area contributed by atoms with Gasteiger partial charge in [0.05, 0.1) is 28.0 Å². The molecule has 0 radical (unpaired) electrons. The molecule has 3 aromatic carbocycles. The molecule has 1 saturated heterocycles. The first-order valence-corrected chi connectivity index (χ1v) is 22.6. The second-order valence-electron chi connectivity index (χ2n) is 17.0. The Kier molecular flexibility index (Phi) is 11.3. The number of nitrogens with zero attached hydrogens (tertiary/aromatic N) is 1. The highest BCUT2D eigenvalue weighted by molar-refractivity contribution is 8.00. The molecule has 7 aromatic rings. The molecule has 0 bridgehead atoms. The fourth-order valence-corrected chi connectivity index (χ4v) is 9.97. The van der Waals surface area contributed by atoms with Crippen LogP contribution in [0.15, 0.2) is 94.9 Å². The van der Waals surface area contributed by atoms with Gasteiger partial charge < -0.3 is 25.5 Å². The van der Waals surface area contributed by atoms with E-state index in [9.17, 15) is 14.7 Å². The largest absolute Gasteiger partial charge is 0.507 e. The third-order valence-corrected chi connectivity index (χ3v) is 13.6. The van der Waals surface area contributed by atoms with Crippen LogP contribution >= 0.6 is 34.4 Å². The van der Waals surface area contributed by atoms with Crippen molar-refractivity contribution in [3.63, 3.8) is 0 Å². The summed E-state index contributed by atoms with van der Waals surface area (Å²) in [5.74, 6) is 1.05. The SMILES string of the molecule is CC(C)(C)c1cc(NC(=O)c2occ(-c3cccc4[nH]n(Cc5cccs5)c34)c2-c2ccc(C(=N)Nc3ccc(CNC(=O)C4NCCS4)cc3)s2)cc(C(C)(C)C)c1O. The van der Waals surface area contributed by atoms with Crippen LogP contribution in [0.1, 0.15) is 78.5 Å². The number of hydrogen-bond acceptors (Lipinski definition) is 9. The molecule has 1 fully saturated rings. The van der Waals surface area contributed by atoms with Gasteiger partial charge in [0.2, 0.25) is 11.7 Å². The number of rotatable bonds is 11. The van der Waals surface area contributed by atoms with Gasteiger partial charge in [-0.15, -0.1) is 34.4 Å². The predicted molar refractivity (Wildman–Crippen MR) is 247 cm³/mol. The van der Waals surface area contributed by atoms with Crippen molar-refractivity contribution in [2.45, 2.75) is 70.8 Å². The van der Waals surface area contributed by atoms with E-state index in [0.29, 0.717) is 29.2 Å². The zero-order valence-electron chi connectivity index (χ0n) is 34.4. The van der Waals surface area contributed by atoms with Crippen LogP contribution in [0.2, 0.25) is 0 Å². The summed E-state index contributed by atoms with van der Waals surface area (Å²) in [4.78, 5) is 29.6. The molecule has 1 aliphatic heterocycles. The Bertz CT molecular complexity index is 2650. The normalized spacial score (nSPS) is 14.5. The van der Waals surface area contributed by atoms with Gasteiger partial charge in [-0.05, 0) is 70.3 Å². The molecule has 1 unspecified atom stereocenters. The van der Waals surface area contributed by atoms with Crippen molar-refractivity contribution < 1.29 is 19.1 Å². The number of thiophene rings is 2. The van der Waals surface area contributed by atoms with Crippen LogP contribution < -0.4 is 21.3 Å². The molecule has 2 amide bonds. The topological polar surface area (TPSA) is 160 Å². The summed E-state index contributed by atoms with van der Waals surface area (Å²) in [6, 6.07) is 25.4. The van der Waals surface area contributed by atoms with E-state index >= 15 is 0 Å². The van der Waals surface area contributed by atoms with Crippen molar-refractivity contribution in [3.05, 3.63) is 123 Å². The lowest BCUT2D eigenvalue weighted by atomic mass is 9.79. The number of hydrogen-bond donors (Lipinski definition) is 7. The van der Waals surface area contributed by atoms with E-state index < -0.39 is 5.91 Å². The van der Waals surface area contributed by atoms with Gasteiger partial charge in [0.15, 0.2) is 0 Å². The Hall–Kier alpha value is -5.54. The number of benzene rings is 3. The highest BCUT2D eigenvalue weighted by Gasteiger charge is 2.30. The van der Waals surface area contributed by atoms with Crippen molar-refractivity contribution in [2.24, 2.45) is 0 Å². The summed E-state index contributed by atoms with van der Waals surface area (Å²) in [7, 11) is 0. The van der Waals surface area contributed by atoms with Gasteiger partial charge in [0.25, 0.3) is 5.91 Å². The van der Waals surface area contributed by atoms with Crippen LogP contribution in [0, 0.1) is 5.41 Å². The van der Waals surface area contributed by atoms with Crippen LogP contribution in [-0.2, 0) is 28.7 Å². The molecule has 11 nitrogen and oxygen atoms in total. The quantitative estimate of drug-likeness (QED) is 0.0387. The first-order chi connectivity index (χ1) is 28.6. The highest BCUT2D eigenvalue weighted by Crippen LogP contribution is 2.44. The number of aromatic nitrogens is 2. The number of amides is 2. The first kappa shape index (κ1) is 41.2. The van der Waals surface area contributed by atoms with Gasteiger partial charge in [-0.25, -0.2) is 0 Å². The van der Waals surface area contributed by atoms with Gasteiger partial charge in [-0.2, -0.15) is 0 Å². The Balaban J connectivity index is 1.11. The summed E-state index contributed by atoms with van der Waals surface area (Å²) in [5.41, 5.74) is 7.22. The van der Waals surface area contributed by atoms with E-state index in [1.165, 1.54) is 16.2 Å². The van der Waals surface area contributed by atoms with Crippen molar-refractivity contribution in [2.75, 3.05) is 22.9 Å². The first-order valence-electron chi connectivity index (χ1n) is 19.8. The molecule has 7 N–H and O–H groups in total. The zero-order chi connectivity index (χ0) is 42.3. The number of thioether (sulfide) groups is 1. The fourth-order valence-electron chi connectivity index (χ4n) is 7.37. The van der Waals surface area contributed by atoms with Crippen molar-refractivity contribution in [1.82, 2.24) is 20.4 Å². The van der Waals surface area contributed by atoms with Gasteiger partial charge in [0.1, 0.15) is 23.2 Å². The van der Waals surface area contributed by atoms with Crippen LogP contribution in [0.25, 0.3) is 32.6 Å². The van der Waals surface area contributed by atoms with Crippen molar-refractivity contribution in [3.8, 4) is 27.3 Å². The number of anilines is 2. The number of fused-ring (bicyclic) bond motifs is 1. The van der Waals surface area contributed by atoms with E-state index in [-0.39, 0.29) is 39.5 Å². The minimum absolute atomic E-state index is 0.0189. The molecular weight excluding hydrogens is 811 g/mol. The average Bonchev–Trinajstić information content (AvgIpc) is 4.04. The Morgan fingerprint density at radius 2 is 1.67 bits per heavy atom. The Morgan fingerprint density at radius 1 is 0.917 bits per heavy atom. The summed E-state index contributed by atoms with van der Waals surface area (Å²) >= 11 is 4.70. The Morgan fingerprint density at radius 3 is 2.33 bits per heavy atom. The lowest BCUT2D eigenvalue weighted by Gasteiger charge is -2.28. The van der Waals surface area contributed by atoms with Crippen LogP contribution in [0.4, 0.5) is 11.4 Å². The number of aromatic hydroxyl groups is 1. The fraction of sp³-hybridized carbons (Fsp3) is 0.283. The summed E-state index contributed by atoms with van der Waals surface area (Å²) in [5, 5.41) is 38.2. The minimum atomic E-state index is -0.428. The maximum Gasteiger partial charge on any atom is 0.292 e. The molecule has 1 atom stereocenters. The van der Waals surface area contributed by atoms with E-state index in [2.05, 4.69) is 42.5 Å². The maximum atomic E-state index is 14.5. The number of carbonyl (C=O) groups excluding carboxylic acids is 2. The molecule has 5 heterocycles. The molecule has 0 spiro atoms. The van der Waals surface area contributed by atoms with Crippen LogP contribution in [-0.4, -0.2) is 50.2 Å². The molecule has 0 saturated carbocycles. The highest BCUT2D eigenvalue weighted by atomic mass is 32.2. The van der Waals surface area contributed by atoms with Gasteiger partial charge in [0, 0.05) is 62.2 Å². The number of aromatic amines is 1. The van der Waals surface area contributed by atoms with Crippen LogP contribution in [0.3, 0.4) is 0 Å². The van der Waals surface area contributed by atoms with Crippen molar-refractivity contribution >= 4 is 74.5 Å². The number of para-hydroxylation sites is 1. The Labute approximate surface area is 361 Å². The van der Waals surface area contributed by atoms with Gasteiger partial charge in [-0.1, -0.05) is 71.9 Å². The molecular formula is C46H49N7O4S3. The molecule has 60 heavy (non-hydrogen) atoms. The molecule has 14 heteroatoms. The molecule has 1 aliphatic rings. The van der Waals surface area contributed by atoms with E-state index in [1.807, 2.05) is 114 Å².